The van der Waals surface area contributed by atoms with E-state index in [9.17, 15) is 13.2 Å². The lowest BCUT2D eigenvalue weighted by Crippen LogP contribution is -2.35. The van der Waals surface area contributed by atoms with Crippen molar-refractivity contribution >= 4 is 15.7 Å². The smallest absolute Gasteiger partial charge is 0.249 e. The van der Waals surface area contributed by atoms with Gasteiger partial charge in [0, 0.05) is 0 Å². The van der Waals surface area contributed by atoms with Crippen LogP contribution in [0, 0.1) is 12.3 Å². The minimum absolute atomic E-state index is 0.444. The fraction of sp³-hybridized carbons (Fsp3) is 0.400. The molecule has 0 aromatic carbocycles. The van der Waals surface area contributed by atoms with Crippen molar-refractivity contribution in [3.63, 3.8) is 0 Å². The Morgan fingerprint density at radius 3 is 2.55 bits per heavy atom. The monoisotopic (exact) mass is 176 g/mol. The molecule has 0 radical (unpaired) electrons. The van der Waals surface area contributed by atoms with E-state index < -0.39 is 27.3 Å². The molecule has 0 atom stereocenters. The van der Waals surface area contributed by atoms with Crippen LogP contribution in [0.2, 0.25) is 0 Å². The second-order valence-corrected chi connectivity index (χ2v) is 3.87. The molecule has 6 heteroatoms. The van der Waals surface area contributed by atoms with Crippen molar-refractivity contribution in [3.05, 3.63) is 0 Å². The predicted octanol–water partition coefficient (Wildman–Crippen LogP) is -1.98. The highest BCUT2D eigenvalue weighted by atomic mass is 32.2. The summed E-state index contributed by atoms with van der Waals surface area (Å²) in [6, 6.07) is 0. The zero-order valence-corrected chi connectivity index (χ0v) is 6.52. The molecule has 0 unspecified atom stereocenters. The van der Waals surface area contributed by atoms with Gasteiger partial charge in [0.05, 0.1) is 0 Å². The van der Waals surface area contributed by atoms with Crippen molar-refractivity contribution in [1.29, 1.82) is 0 Å². The topological polar surface area (TPSA) is 89.3 Å². The van der Waals surface area contributed by atoms with Gasteiger partial charge < -0.3 is 0 Å². The quantitative estimate of drug-likeness (QED) is 0.226. The summed E-state index contributed by atoms with van der Waals surface area (Å²) in [6.07, 6.45) is 4.74. The van der Waals surface area contributed by atoms with E-state index in [-0.39, 0.29) is 0 Å². The van der Waals surface area contributed by atoms with Gasteiger partial charge in [-0.1, -0.05) is 5.92 Å². The van der Waals surface area contributed by atoms with Crippen LogP contribution in [0.15, 0.2) is 0 Å². The molecule has 0 heterocycles. The number of hydrogen-bond acceptors (Lipinski definition) is 4. The third-order valence-electron chi connectivity index (χ3n) is 0.815. The largest absolute Gasteiger partial charge is 0.293 e. The zero-order valence-electron chi connectivity index (χ0n) is 5.70. The van der Waals surface area contributed by atoms with Crippen molar-refractivity contribution < 1.29 is 13.2 Å². The molecule has 0 aromatic rings. The summed E-state index contributed by atoms with van der Waals surface area (Å²) in [5, 5.41) is 0. The number of nitrogens with one attached hydrogen (secondary N) is 1. The van der Waals surface area contributed by atoms with Gasteiger partial charge in [0.25, 0.3) is 0 Å². The molecular formula is C5H8N2O3S. The lowest BCUT2D eigenvalue weighted by Gasteiger charge is -1.97. The Labute approximate surface area is 64.8 Å². The summed E-state index contributed by atoms with van der Waals surface area (Å²) >= 11 is 0. The molecule has 11 heavy (non-hydrogen) atoms. The van der Waals surface area contributed by atoms with Crippen molar-refractivity contribution in [2.45, 2.75) is 0 Å². The lowest BCUT2D eigenvalue weighted by atomic mass is 10.7. The number of terminal acetylenes is 1. The molecule has 0 saturated carbocycles. The molecule has 0 spiro atoms. The molecule has 0 bridgehead atoms. The standard InChI is InChI=1S/C5H8N2O3S/c1-2-3-11(9,10)4-5(8)7-6/h1H,3-4,6H2,(H,7,8). The van der Waals surface area contributed by atoms with Crippen LogP contribution < -0.4 is 11.3 Å². The highest BCUT2D eigenvalue weighted by molar-refractivity contribution is 7.92. The molecule has 5 nitrogen and oxygen atoms in total. The Kier molecular flexibility index (Phi) is 3.57. The molecule has 0 aromatic heterocycles. The van der Waals surface area contributed by atoms with Crippen molar-refractivity contribution in [2.24, 2.45) is 5.84 Å². The van der Waals surface area contributed by atoms with Gasteiger partial charge in [-0.15, -0.1) is 6.42 Å². The van der Waals surface area contributed by atoms with Gasteiger partial charge in [-0.2, -0.15) is 0 Å². The minimum Gasteiger partial charge on any atom is -0.293 e. The first-order valence-electron chi connectivity index (χ1n) is 2.65. The van der Waals surface area contributed by atoms with Crippen molar-refractivity contribution in [3.8, 4) is 12.3 Å². The van der Waals surface area contributed by atoms with Gasteiger partial charge in [0.1, 0.15) is 11.5 Å². The summed E-state index contributed by atoms with van der Waals surface area (Å²) in [5.74, 6) is 4.72. The van der Waals surface area contributed by atoms with Gasteiger partial charge in [-0.3, -0.25) is 10.2 Å². The second-order valence-electron chi connectivity index (χ2n) is 1.80. The maximum absolute atomic E-state index is 10.7. The SMILES string of the molecule is C#CCS(=O)(=O)CC(=O)NN. The third-order valence-corrected chi connectivity index (χ3v) is 2.12. The van der Waals surface area contributed by atoms with Crippen LogP contribution in [0.1, 0.15) is 0 Å². The van der Waals surface area contributed by atoms with Gasteiger partial charge in [-0.05, 0) is 0 Å². The Morgan fingerprint density at radius 1 is 1.64 bits per heavy atom. The van der Waals surface area contributed by atoms with Gasteiger partial charge in [0.2, 0.25) is 5.91 Å². The first-order valence-corrected chi connectivity index (χ1v) is 4.47. The van der Waals surface area contributed by atoms with E-state index in [1.807, 2.05) is 5.92 Å². The number of rotatable bonds is 3. The molecular weight excluding hydrogens is 168 g/mol. The molecule has 1 amide bonds. The maximum Gasteiger partial charge on any atom is 0.249 e. The van der Waals surface area contributed by atoms with Crippen molar-refractivity contribution in [2.75, 3.05) is 11.5 Å². The van der Waals surface area contributed by atoms with Crippen LogP contribution in [0.5, 0.6) is 0 Å². The summed E-state index contributed by atoms with van der Waals surface area (Å²) in [4.78, 5) is 10.4. The minimum atomic E-state index is -3.47. The van der Waals surface area contributed by atoms with Gasteiger partial charge in [0.15, 0.2) is 9.84 Å². The normalized spacial score (nSPS) is 10.2. The summed E-state index contributed by atoms with van der Waals surface area (Å²) in [7, 11) is -3.47. The molecule has 0 aliphatic heterocycles. The second kappa shape index (κ2) is 3.95. The summed E-state index contributed by atoms with van der Waals surface area (Å²) in [5.41, 5.74) is 1.69. The highest BCUT2D eigenvalue weighted by Gasteiger charge is 2.13. The fourth-order valence-corrected chi connectivity index (χ4v) is 1.26. The van der Waals surface area contributed by atoms with Crippen LogP contribution in [0.4, 0.5) is 0 Å². The van der Waals surface area contributed by atoms with Gasteiger partial charge in [-0.25, -0.2) is 14.3 Å². The number of amides is 1. The van der Waals surface area contributed by atoms with Crippen molar-refractivity contribution in [1.82, 2.24) is 5.43 Å². The predicted molar refractivity (Wildman–Crippen MR) is 39.8 cm³/mol. The lowest BCUT2D eigenvalue weighted by molar-refractivity contribution is -0.118. The Hall–Kier alpha value is -1.06. The molecule has 0 fully saturated rings. The first kappa shape index (κ1) is 9.94. The van der Waals surface area contributed by atoms with E-state index in [1.165, 1.54) is 0 Å². The van der Waals surface area contributed by atoms with E-state index in [0.29, 0.717) is 0 Å². The van der Waals surface area contributed by atoms with Crippen LogP contribution in [-0.4, -0.2) is 25.8 Å². The average molecular weight is 176 g/mol. The molecule has 0 aliphatic carbocycles. The number of hydrazine groups is 1. The van der Waals surface area contributed by atoms with Gasteiger partial charge >= 0.3 is 0 Å². The molecule has 62 valence electrons. The number of carbonyl (C=O) groups is 1. The number of hydrogen-bond donors (Lipinski definition) is 2. The van der Waals surface area contributed by atoms with Crippen LogP contribution in [0.3, 0.4) is 0 Å². The maximum atomic E-state index is 10.7. The summed E-state index contributed by atoms with van der Waals surface area (Å²) in [6.45, 7) is 0. The number of sulfone groups is 1. The Morgan fingerprint density at radius 2 is 2.18 bits per heavy atom. The molecule has 0 saturated heterocycles. The fourth-order valence-electron chi connectivity index (χ4n) is 0.419. The number of carbonyl (C=O) groups excluding carboxylic acids is 1. The van der Waals surface area contributed by atoms with E-state index in [2.05, 4.69) is 5.84 Å². The van der Waals surface area contributed by atoms with Crippen LogP contribution >= 0.6 is 0 Å². The summed E-state index contributed by atoms with van der Waals surface area (Å²) < 4.78 is 21.5. The average Bonchev–Trinajstić information content (AvgIpc) is 1.86. The molecule has 3 N–H and O–H groups in total. The van der Waals surface area contributed by atoms with E-state index in [1.54, 1.807) is 5.43 Å². The van der Waals surface area contributed by atoms with E-state index >= 15 is 0 Å². The number of nitrogens with two attached hydrogens (primary N) is 1. The Bertz CT molecular complexity index is 275. The first-order chi connectivity index (χ1) is 5.02. The van der Waals surface area contributed by atoms with Crippen LogP contribution in [-0.2, 0) is 14.6 Å². The highest BCUT2D eigenvalue weighted by Crippen LogP contribution is 1.87. The van der Waals surface area contributed by atoms with Crippen LogP contribution in [0.25, 0.3) is 0 Å². The zero-order chi connectivity index (χ0) is 8.91. The van der Waals surface area contributed by atoms with E-state index in [0.717, 1.165) is 0 Å². The third kappa shape index (κ3) is 4.36. The Balaban J connectivity index is 4.17. The van der Waals surface area contributed by atoms with E-state index in [4.69, 9.17) is 6.42 Å². The molecule has 0 rings (SSSR count). The molecule has 0 aliphatic rings.